The number of ether oxygens (including phenoxy) is 3. The van der Waals surface area contributed by atoms with Gasteiger partial charge in [-0.3, -0.25) is 0 Å². The first-order chi connectivity index (χ1) is 6.13. The monoisotopic (exact) mass is 192 g/mol. The van der Waals surface area contributed by atoms with Gasteiger partial charge in [-0.15, -0.1) is 0 Å². The maximum atomic E-state index is 10.0. The lowest BCUT2D eigenvalue weighted by molar-refractivity contribution is 0.0494. The molecule has 76 valence electrons. The molecule has 0 fully saturated rings. The van der Waals surface area contributed by atoms with Crippen LogP contribution in [0, 0.1) is 0 Å². The largest absolute Gasteiger partial charge is 0.447 e. The molecule has 0 aromatic carbocycles. The Hall–Kier alpha value is -1.50. The Balaban J connectivity index is 3.00. The molecule has 0 aromatic rings. The molecule has 0 heterocycles. The average Bonchev–Trinajstić information content (AvgIpc) is 2.01. The molecule has 0 unspecified atom stereocenters. The van der Waals surface area contributed by atoms with Crippen LogP contribution in [0.1, 0.15) is 0 Å². The first kappa shape index (κ1) is 11.5. The summed E-state index contributed by atoms with van der Waals surface area (Å²) in [7, 11) is 0. The van der Waals surface area contributed by atoms with E-state index in [1.165, 1.54) is 0 Å². The highest BCUT2D eigenvalue weighted by molar-refractivity contribution is 5.64. The highest BCUT2D eigenvalue weighted by Crippen LogP contribution is 1.80. The first-order valence-electron chi connectivity index (χ1n) is 3.55. The quantitative estimate of drug-likeness (QED) is 0.534. The van der Waals surface area contributed by atoms with Gasteiger partial charge >= 0.3 is 12.2 Å². The van der Waals surface area contributed by atoms with Gasteiger partial charge in [-0.1, -0.05) is 0 Å². The fourth-order valence-electron chi connectivity index (χ4n) is 0.504. The highest BCUT2D eigenvalue weighted by atomic mass is 16.6. The fraction of sp³-hybridized carbons (Fsp3) is 0.667. The number of amides is 2. The third-order valence-corrected chi connectivity index (χ3v) is 0.944. The second kappa shape index (κ2) is 7.17. The van der Waals surface area contributed by atoms with Gasteiger partial charge in [0.25, 0.3) is 0 Å². The fourth-order valence-corrected chi connectivity index (χ4v) is 0.504. The summed E-state index contributed by atoms with van der Waals surface area (Å²) in [5.74, 6) is 0. The molecular formula is C6H12N2O5. The van der Waals surface area contributed by atoms with Crippen LogP contribution in [-0.4, -0.2) is 38.6 Å². The standard InChI is InChI=1S/C6H12N2O5/c7-5(9)12-3-1-11-2-4-13-6(8)10/h1-4H2,(H2,7,9)(H2,8,10). The van der Waals surface area contributed by atoms with E-state index in [1.807, 2.05) is 0 Å². The van der Waals surface area contributed by atoms with E-state index >= 15 is 0 Å². The van der Waals surface area contributed by atoms with Crippen LogP contribution in [0.4, 0.5) is 9.59 Å². The zero-order valence-corrected chi connectivity index (χ0v) is 7.02. The summed E-state index contributed by atoms with van der Waals surface area (Å²) in [5, 5.41) is 0. The van der Waals surface area contributed by atoms with Crippen molar-refractivity contribution in [2.75, 3.05) is 26.4 Å². The Morgan fingerprint density at radius 1 is 0.846 bits per heavy atom. The van der Waals surface area contributed by atoms with Crippen molar-refractivity contribution in [2.45, 2.75) is 0 Å². The van der Waals surface area contributed by atoms with Gasteiger partial charge in [0.2, 0.25) is 0 Å². The maximum absolute atomic E-state index is 10.0. The molecule has 7 nitrogen and oxygen atoms in total. The molecule has 2 amide bonds. The third-order valence-electron chi connectivity index (χ3n) is 0.944. The number of primary amides is 2. The molecule has 0 saturated carbocycles. The Kier molecular flexibility index (Phi) is 6.34. The molecule has 7 heteroatoms. The van der Waals surface area contributed by atoms with E-state index in [1.54, 1.807) is 0 Å². The molecule has 0 bridgehead atoms. The minimum Gasteiger partial charge on any atom is -0.447 e. The molecule has 0 radical (unpaired) electrons. The molecule has 13 heavy (non-hydrogen) atoms. The predicted molar refractivity (Wildman–Crippen MR) is 41.9 cm³/mol. The number of nitrogens with two attached hydrogens (primary N) is 2. The molecule has 0 rings (SSSR count). The van der Waals surface area contributed by atoms with Gasteiger partial charge in [0.1, 0.15) is 13.2 Å². The van der Waals surface area contributed by atoms with Gasteiger partial charge < -0.3 is 25.7 Å². The minimum absolute atomic E-state index is 0.0753. The normalized spacial score (nSPS) is 9.23. The Labute approximate surface area is 74.9 Å². The number of hydrogen-bond donors (Lipinski definition) is 2. The van der Waals surface area contributed by atoms with Gasteiger partial charge in [-0.25, -0.2) is 9.59 Å². The number of carbonyl (C=O) groups is 2. The average molecular weight is 192 g/mol. The van der Waals surface area contributed by atoms with Crippen LogP contribution >= 0.6 is 0 Å². The number of carbonyl (C=O) groups excluding carboxylic acids is 2. The van der Waals surface area contributed by atoms with E-state index in [0.717, 1.165) is 0 Å². The van der Waals surface area contributed by atoms with Crippen molar-refractivity contribution in [3.8, 4) is 0 Å². The van der Waals surface area contributed by atoms with Gasteiger partial charge in [0.15, 0.2) is 0 Å². The van der Waals surface area contributed by atoms with Crippen molar-refractivity contribution < 1.29 is 23.8 Å². The Morgan fingerprint density at radius 2 is 1.23 bits per heavy atom. The van der Waals surface area contributed by atoms with Crippen molar-refractivity contribution in [2.24, 2.45) is 11.5 Å². The molecule has 0 atom stereocenters. The minimum atomic E-state index is -0.850. The van der Waals surface area contributed by atoms with Gasteiger partial charge in [-0.05, 0) is 0 Å². The Morgan fingerprint density at radius 3 is 1.54 bits per heavy atom. The predicted octanol–water partition coefficient (Wildman–Crippen LogP) is -0.806. The summed E-state index contributed by atoms with van der Waals surface area (Å²) >= 11 is 0. The number of rotatable bonds is 6. The van der Waals surface area contributed by atoms with Crippen molar-refractivity contribution >= 4 is 12.2 Å². The highest BCUT2D eigenvalue weighted by Gasteiger charge is 1.95. The van der Waals surface area contributed by atoms with Crippen LogP contribution in [0.25, 0.3) is 0 Å². The zero-order valence-electron chi connectivity index (χ0n) is 7.02. The number of hydrogen-bond acceptors (Lipinski definition) is 5. The lowest BCUT2D eigenvalue weighted by atomic mass is 10.7. The molecule has 0 aliphatic rings. The first-order valence-corrected chi connectivity index (χ1v) is 3.55. The van der Waals surface area contributed by atoms with Crippen LogP contribution in [0.3, 0.4) is 0 Å². The maximum Gasteiger partial charge on any atom is 0.404 e. The van der Waals surface area contributed by atoms with Crippen LogP contribution in [0.5, 0.6) is 0 Å². The lowest BCUT2D eigenvalue weighted by Crippen LogP contribution is -2.19. The molecule has 0 saturated heterocycles. The summed E-state index contributed by atoms with van der Waals surface area (Å²) in [5.41, 5.74) is 9.34. The van der Waals surface area contributed by atoms with Crippen molar-refractivity contribution in [3.05, 3.63) is 0 Å². The zero-order chi connectivity index (χ0) is 10.1. The SMILES string of the molecule is NC(=O)OCCOCCOC(N)=O. The Bertz CT molecular complexity index is 154. The molecule has 0 aliphatic carbocycles. The summed E-state index contributed by atoms with van der Waals surface area (Å²) in [6.45, 7) is 0.550. The summed E-state index contributed by atoms with van der Waals surface area (Å²) in [6.07, 6.45) is -1.70. The second-order valence-corrected chi connectivity index (χ2v) is 1.95. The smallest absolute Gasteiger partial charge is 0.404 e. The van der Waals surface area contributed by atoms with E-state index in [2.05, 4.69) is 20.9 Å². The van der Waals surface area contributed by atoms with E-state index in [0.29, 0.717) is 0 Å². The van der Waals surface area contributed by atoms with E-state index < -0.39 is 12.2 Å². The summed E-state index contributed by atoms with van der Waals surface area (Å²) in [4.78, 5) is 20.1. The molecular weight excluding hydrogens is 180 g/mol. The topological polar surface area (TPSA) is 114 Å². The molecule has 4 N–H and O–H groups in total. The summed E-state index contributed by atoms with van der Waals surface area (Å²) < 4.78 is 13.6. The van der Waals surface area contributed by atoms with E-state index in [-0.39, 0.29) is 26.4 Å². The van der Waals surface area contributed by atoms with Crippen LogP contribution in [-0.2, 0) is 14.2 Å². The van der Waals surface area contributed by atoms with Crippen LogP contribution in [0.15, 0.2) is 0 Å². The van der Waals surface area contributed by atoms with Gasteiger partial charge in [0.05, 0.1) is 13.2 Å². The lowest BCUT2D eigenvalue weighted by Gasteiger charge is -2.03. The van der Waals surface area contributed by atoms with Gasteiger partial charge in [-0.2, -0.15) is 0 Å². The van der Waals surface area contributed by atoms with Crippen molar-refractivity contribution in [1.82, 2.24) is 0 Å². The summed E-state index contributed by atoms with van der Waals surface area (Å²) in [6, 6.07) is 0. The second-order valence-electron chi connectivity index (χ2n) is 1.95. The molecule has 0 spiro atoms. The van der Waals surface area contributed by atoms with E-state index in [9.17, 15) is 9.59 Å². The molecule has 0 aromatic heterocycles. The van der Waals surface area contributed by atoms with Gasteiger partial charge in [0, 0.05) is 0 Å². The van der Waals surface area contributed by atoms with Crippen molar-refractivity contribution in [3.63, 3.8) is 0 Å². The third kappa shape index (κ3) is 10.5. The van der Waals surface area contributed by atoms with Crippen LogP contribution < -0.4 is 11.5 Å². The van der Waals surface area contributed by atoms with Crippen LogP contribution in [0.2, 0.25) is 0 Å². The van der Waals surface area contributed by atoms with E-state index in [4.69, 9.17) is 4.74 Å². The molecule has 0 aliphatic heterocycles. The van der Waals surface area contributed by atoms with Crippen molar-refractivity contribution in [1.29, 1.82) is 0 Å².